The Kier molecular flexibility index (Phi) is 9.70. The molecule has 0 unspecified atom stereocenters. The monoisotopic (exact) mass is 722 g/mol. The molecule has 2 saturated carbocycles. The highest BCUT2D eigenvalue weighted by Crippen LogP contribution is 2.35. The van der Waals surface area contributed by atoms with Crippen molar-refractivity contribution in [1.82, 2.24) is 34.9 Å². The Bertz CT molecular complexity index is 2300. The Balaban J connectivity index is 0.000000164. The van der Waals surface area contributed by atoms with E-state index in [1.54, 1.807) is 18.2 Å². The summed E-state index contributed by atoms with van der Waals surface area (Å²) in [5.74, 6) is -3.51. The number of carbonyl (C=O) groups is 2. The minimum atomic E-state index is -0.911. The second-order valence-corrected chi connectivity index (χ2v) is 12.1. The van der Waals surface area contributed by atoms with Gasteiger partial charge in [0.2, 0.25) is 11.8 Å². The Morgan fingerprint density at radius 3 is 1.51 bits per heavy atom. The van der Waals surface area contributed by atoms with Gasteiger partial charge in [0.05, 0.1) is 59.6 Å². The second-order valence-electron chi connectivity index (χ2n) is 12.1. The van der Waals surface area contributed by atoms with E-state index in [4.69, 9.17) is 0 Å². The van der Waals surface area contributed by atoms with E-state index in [-0.39, 0.29) is 63.6 Å². The summed E-state index contributed by atoms with van der Waals surface area (Å²) in [5, 5.41) is 17.0. The van der Waals surface area contributed by atoms with E-state index in [0.717, 1.165) is 50.5 Å². The smallest absolute Gasteiger partial charge is 0.228 e. The van der Waals surface area contributed by atoms with E-state index in [0.29, 0.717) is 15.9 Å². The van der Waals surface area contributed by atoms with Gasteiger partial charge >= 0.3 is 0 Å². The molecule has 2 amide bonds. The maximum absolute atomic E-state index is 14.2. The molecule has 2 N–H and O–H groups in total. The molecule has 13 nitrogen and oxygen atoms in total. The van der Waals surface area contributed by atoms with Crippen molar-refractivity contribution in [2.75, 3.05) is 10.6 Å². The highest BCUT2D eigenvalue weighted by Gasteiger charge is 2.31. The van der Waals surface area contributed by atoms with E-state index >= 15 is 0 Å². The van der Waals surface area contributed by atoms with Crippen molar-refractivity contribution in [2.45, 2.75) is 25.7 Å². The Labute approximate surface area is 297 Å². The molecule has 6 aromatic rings. The highest BCUT2D eigenvalue weighted by atomic mass is 19.1. The molecule has 2 aliphatic rings. The maximum Gasteiger partial charge on any atom is 0.228 e. The molecule has 6 aromatic heterocycles. The molecule has 6 heterocycles. The molecule has 266 valence electrons. The van der Waals surface area contributed by atoms with Crippen LogP contribution in [0.25, 0.3) is 45.0 Å². The molecule has 0 saturated heterocycles. The molecule has 2 fully saturated rings. The molecule has 0 atom stereocenters. The van der Waals surface area contributed by atoms with Crippen LogP contribution in [0.5, 0.6) is 0 Å². The summed E-state index contributed by atoms with van der Waals surface area (Å²) in [7, 11) is 0. The second kappa shape index (κ2) is 14.8. The average Bonchev–Trinajstić information content (AvgIpc) is 4.07. The quantitative estimate of drug-likeness (QED) is 0.113. The normalized spacial score (nSPS) is 13.4. The molecule has 0 aromatic carbocycles. The fraction of sp³-hybridized carbons (Fsp3) is 0.167. The number of rotatable bonds is 8. The van der Waals surface area contributed by atoms with E-state index in [2.05, 4.69) is 45.5 Å². The van der Waals surface area contributed by atoms with Crippen LogP contribution in [0.15, 0.2) is 86.2 Å². The van der Waals surface area contributed by atoms with Crippen molar-refractivity contribution in [3.8, 4) is 45.0 Å². The third kappa shape index (κ3) is 7.93. The molecule has 0 bridgehead atoms. The Morgan fingerprint density at radius 1 is 0.623 bits per heavy atom. The summed E-state index contributed by atoms with van der Waals surface area (Å²) >= 11 is 0. The number of nitrogens with one attached hydrogen (secondary N) is 2. The van der Waals surface area contributed by atoms with Gasteiger partial charge in [0, 0.05) is 35.9 Å². The Hall–Kier alpha value is -6.78. The number of hydrogen-bond donors (Lipinski definition) is 2. The minimum absolute atomic E-state index is 0.00376. The van der Waals surface area contributed by atoms with Crippen LogP contribution in [0.4, 0.5) is 29.2 Å². The number of carbonyl (C=O) groups excluding carboxylic acids is 2. The molecule has 17 heteroatoms. The zero-order valence-electron chi connectivity index (χ0n) is 27.4. The fourth-order valence-electron chi connectivity index (χ4n) is 5.19. The first-order chi connectivity index (χ1) is 25.7. The molecule has 8 rings (SSSR count). The number of anilines is 2. The molecule has 53 heavy (non-hydrogen) atoms. The van der Waals surface area contributed by atoms with Crippen molar-refractivity contribution in [2.24, 2.45) is 11.8 Å². The van der Waals surface area contributed by atoms with Crippen LogP contribution < -0.4 is 15.4 Å². The zero-order chi connectivity index (χ0) is 37.1. The van der Waals surface area contributed by atoms with Gasteiger partial charge in [0.25, 0.3) is 0 Å². The number of amides is 2. The predicted octanol–water partition coefficient (Wildman–Crippen LogP) is 5.69. The SMILES string of the molecule is O=C(Nc1cnc(-c2c(F)cncc2F)c(-c2ccc[n+]([O-])c2)n1)C1CC1.O=C(Nc1cnc(-c2c(F)cncc2F)c(-c2ccncc2)n1)C1CC1. The summed E-state index contributed by atoms with van der Waals surface area (Å²) < 4.78 is 57.4. The van der Waals surface area contributed by atoms with E-state index in [1.165, 1.54) is 43.2 Å². The standard InChI is InChI=1S/C18H13F2N5O2.C18H13F2N5O/c19-12-6-21-7-13(20)15(12)17-16(11-2-1-5-25(27)9-11)23-14(8-22-17)24-18(26)10-3-4-10;19-12-7-22-8-13(20)15(12)17-16(10-3-5-21-6-4-10)24-14(9-23-17)25-18(26)11-1-2-11/h1-2,5-10H,3-4H2,(H,23,24,26);3-9,11H,1-2H2,(H,24,25,26). The van der Waals surface area contributed by atoms with Gasteiger partial charge in [-0.25, -0.2) is 37.5 Å². The van der Waals surface area contributed by atoms with E-state index in [1.807, 2.05) is 0 Å². The van der Waals surface area contributed by atoms with Crippen molar-refractivity contribution >= 4 is 23.5 Å². The maximum atomic E-state index is 14.2. The van der Waals surface area contributed by atoms with Crippen molar-refractivity contribution < 1.29 is 31.9 Å². The van der Waals surface area contributed by atoms with E-state index < -0.39 is 28.8 Å². The molecular weight excluding hydrogens is 696 g/mol. The fourth-order valence-corrected chi connectivity index (χ4v) is 5.19. The summed E-state index contributed by atoms with van der Waals surface area (Å²) in [6.07, 6.45) is 15.0. The van der Waals surface area contributed by atoms with Crippen LogP contribution in [0.2, 0.25) is 0 Å². The number of aromatic nitrogens is 8. The van der Waals surface area contributed by atoms with E-state index in [9.17, 15) is 32.4 Å². The first kappa shape index (κ1) is 34.7. The summed E-state index contributed by atoms with van der Waals surface area (Å²) in [6.45, 7) is 0. The zero-order valence-corrected chi connectivity index (χ0v) is 27.4. The van der Waals surface area contributed by atoms with Gasteiger partial charge in [-0.2, -0.15) is 4.73 Å². The van der Waals surface area contributed by atoms with Gasteiger partial charge in [-0.05, 0) is 43.9 Å². The lowest BCUT2D eigenvalue weighted by molar-refractivity contribution is -0.604. The van der Waals surface area contributed by atoms with Crippen LogP contribution in [0.1, 0.15) is 25.7 Å². The van der Waals surface area contributed by atoms with Crippen LogP contribution in [0, 0.1) is 40.3 Å². The van der Waals surface area contributed by atoms with Gasteiger partial charge in [-0.1, -0.05) is 0 Å². The topological polar surface area (TPSA) is 175 Å². The van der Waals surface area contributed by atoms with Gasteiger partial charge in [-0.15, -0.1) is 0 Å². The Morgan fingerprint density at radius 2 is 1.08 bits per heavy atom. The summed E-state index contributed by atoms with van der Waals surface area (Å²) in [5.41, 5.74) is 0.380. The van der Waals surface area contributed by atoms with Crippen LogP contribution in [-0.2, 0) is 9.59 Å². The molecule has 2 aliphatic carbocycles. The molecular formula is C36H26F4N10O3. The lowest BCUT2D eigenvalue weighted by atomic mass is 10.1. The predicted molar refractivity (Wildman–Crippen MR) is 181 cm³/mol. The van der Waals surface area contributed by atoms with Crippen molar-refractivity contribution in [1.29, 1.82) is 0 Å². The largest absolute Gasteiger partial charge is 0.619 e. The highest BCUT2D eigenvalue weighted by molar-refractivity contribution is 5.94. The third-order valence-electron chi connectivity index (χ3n) is 8.13. The van der Waals surface area contributed by atoms with Gasteiger partial charge < -0.3 is 15.8 Å². The molecule has 0 radical (unpaired) electrons. The van der Waals surface area contributed by atoms with Crippen LogP contribution in [-0.4, -0.2) is 46.7 Å². The molecule has 0 spiro atoms. The van der Waals surface area contributed by atoms with Gasteiger partial charge in [0.15, 0.2) is 47.3 Å². The molecule has 0 aliphatic heterocycles. The minimum Gasteiger partial charge on any atom is -0.619 e. The average molecular weight is 723 g/mol. The summed E-state index contributed by atoms with van der Waals surface area (Å²) in [4.78, 5) is 51.8. The van der Waals surface area contributed by atoms with Crippen LogP contribution >= 0.6 is 0 Å². The van der Waals surface area contributed by atoms with Gasteiger partial charge in [0.1, 0.15) is 17.1 Å². The van der Waals surface area contributed by atoms with Crippen molar-refractivity contribution in [3.63, 3.8) is 0 Å². The summed E-state index contributed by atoms with van der Waals surface area (Å²) in [6, 6.07) is 6.34. The number of halogens is 4. The van der Waals surface area contributed by atoms with Crippen LogP contribution in [0.3, 0.4) is 0 Å². The third-order valence-corrected chi connectivity index (χ3v) is 8.13. The number of pyridine rings is 4. The first-order valence-corrected chi connectivity index (χ1v) is 16.2. The number of nitrogens with zero attached hydrogens (tertiary/aromatic N) is 8. The van der Waals surface area contributed by atoms with Crippen molar-refractivity contribution in [3.05, 3.63) is 115 Å². The first-order valence-electron chi connectivity index (χ1n) is 16.2. The number of hydrogen-bond acceptors (Lipinski definition) is 10. The lowest BCUT2D eigenvalue weighted by Gasteiger charge is -2.12. The lowest BCUT2D eigenvalue weighted by Crippen LogP contribution is -2.24. The van der Waals surface area contributed by atoms with Gasteiger partial charge in [-0.3, -0.25) is 24.5 Å².